The number of hydrogen-bond acceptors (Lipinski definition) is 6. The fraction of sp³-hybridized carbons (Fsp3) is 0.750. The minimum Gasteiger partial charge on any atom is -0.371 e. The molecule has 0 aromatic rings. The highest BCUT2D eigenvalue weighted by Gasteiger charge is 2.48. The summed E-state index contributed by atoms with van der Waals surface area (Å²) < 4.78 is 15.6. The van der Waals surface area contributed by atoms with Gasteiger partial charge in [0.1, 0.15) is 31.5 Å². The van der Waals surface area contributed by atoms with Gasteiger partial charge in [0.25, 0.3) is 0 Å². The Morgan fingerprint density at radius 3 is 2.17 bits per heavy atom. The summed E-state index contributed by atoms with van der Waals surface area (Å²) in [5.41, 5.74) is 0. The van der Waals surface area contributed by atoms with E-state index in [0.29, 0.717) is 0 Å². The van der Waals surface area contributed by atoms with Gasteiger partial charge in [-0.15, -0.1) is 0 Å². The summed E-state index contributed by atoms with van der Waals surface area (Å²) in [4.78, 5) is 32.7. The summed E-state index contributed by atoms with van der Waals surface area (Å²) in [6, 6.07) is 0. The Balaban J connectivity index is 2.40. The van der Waals surface area contributed by atoms with E-state index in [1.54, 1.807) is 0 Å². The Hall–Kier alpha value is -1.11. The van der Waals surface area contributed by atoms with E-state index in [1.165, 1.54) is 20.8 Å². The maximum Gasteiger partial charge on any atom is 0.161 e. The van der Waals surface area contributed by atoms with Crippen LogP contribution in [0.3, 0.4) is 0 Å². The van der Waals surface area contributed by atoms with Crippen molar-refractivity contribution < 1.29 is 28.6 Å². The van der Waals surface area contributed by atoms with Crippen molar-refractivity contribution in [1.29, 1.82) is 0 Å². The lowest BCUT2D eigenvalue weighted by Gasteiger charge is -2.14. The molecular weight excluding hydrogens is 240 g/mol. The summed E-state index contributed by atoms with van der Waals surface area (Å²) in [6.07, 6.45) is -1.36. The zero-order valence-corrected chi connectivity index (χ0v) is 10.8. The van der Waals surface area contributed by atoms with E-state index < -0.39 is 12.2 Å². The largest absolute Gasteiger partial charge is 0.371 e. The molecule has 1 aliphatic heterocycles. The van der Waals surface area contributed by atoms with Crippen LogP contribution in [0.15, 0.2) is 0 Å². The zero-order chi connectivity index (χ0) is 13.7. The minimum absolute atomic E-state index is 0.0165. The van der Waals surface area contributed by atoms with E-state index in [9.17, 15) is 14.4 Å². The van der Waals surface area contributed by atoms with Gasteiger partial charge in [-0.25, -0.2) is 0 Å². The summed E-state index contributed by atoms with van der Waals surface area (Å²) in [7, 11) is 0. The summed E-state index contributed by atoms with van der Waals surface area (Å²) >= 11 is 0. The van der Waals surface area contributed by atoms with Crippen LogP contribution >= 0.6 is 0 Å². The van der Waals surface area contributed by atoms with E-state index in [0.717, 1.165) is 0 Å². The van der Waals surface area contributed by atoms with Gasteiger partial charge in [-0.2, -0.15) is 0 Å². The van der Waals surface area contributed by atoms with Crippen molar-refractivity contribution in [1.82, 2.24) is 0 Å². The molecule has 1 aliphatic rings. The van der Waals surface area contributed by atoms with Crippen LogP contribution in [0.4, 0.5) is 0 Å². The number of Topliss-reactive ketones (excluding diaryl/α,β-unsaturated/α-hetero) is 3. The molecule has 1 rings (SSSR count). The van der Waals surface area contributed by atoms with Gasteiger partial charge < -0.3 is 14.2 Å². The highest BCUT2D eigenvalue weighted by molar-refractivity contribution is 5.83. The molecule has 1 fully saturated rings. The van der Waals surface area contributed by atoms with Crippen molar-refractivity contribution >= 4 is 17.3 Å². The molecule has 6 heteroatoms. The molecule has 102 valence electrons. The van der Waals surface area contributed by atoms with Gasteiger partial charge in [-0.3, -0.25) is 14.4 Å². The molecule has 0 bridgehead atoms. The van der Waals surface area contributed by atoms with Crippen molar-refractivity contribution in [3.8, 4) is 0 Å². The second kappa shape index (κ2) is 6.72. The highest BCUT2D eigenvalue weighted by atomic mass is 16.6. The second-order valence-corrected chi connectivity index (χ2v) is 4.40. The van der Waals surface area contributed by atoms with Crippen LogP contribution in [0.1, 0.15) is 20.8 Å². The van der Waals surface area contributed by atoms with Crippen molar-refractivity contribution in [2.24, 2.45) is 0 Å². The number of hydrogen-bond donors (Lipinski definition) is 0. The van der Waals surface area contributed by atoms with Crippen LogP contribution in [0.5, 0.6) is 0 Å². The Morgan fingerprint density at radius 2 is 1.72 bits per heavy atom. The first kappa shape index (κ1) is 14.9. The molecule has 18 heavy (non-hydrogen) atoms. The molecule has 1 saturated heterocycles. The lowest BCUT2D eigenvalue weighted by molar-refractivity contribution is -0.129. The van der Waals surface area contributed by atoms with Crippen molar-refractivity contribution in [2.75, 3.05) is 19.8 Å². The molecule has 0 aromatic heterocycles. The molecule has 6 nitrogen and oxygen atoms in total. The van der Waals surface area contributed by atoms with Gasteiger partial charge in [0, 0.05) is 0 Å². The average molecular weight is 258 g/mol. The van der Waals surface area contributed by atoms with Gasteiger partial charge in [0.2, 0.25) is 0 Å². The first-order valence-corrected chi connectivity index (χ1v) is 5.76. The highest BCUT2D eigenvalue weighted by Crippen LogP contribution is 2.28. The molecule has 3 unspecified atom stereocenters. The third-order valence-corrected chi connectivity index (χ3v) is 2.38. The molecule has 0 saturated carbocycles. The van der Waals surface area contributed by atoms with Crippen molar-refractivity contribution in [3.05, 3.63) is 0 Å². The molecule has 0 aliphatic carbocycles. The van der Waals surface area contributed by atoms with Gasteiger partial charge in [-0.1, -0.05) is 0 Å². The van der Waals surface area contributed by atoms with Crippen molar-refractivity contribution in [2.45, 2.75) is 39.1 Å². The molecule has 0 aromatic carbocycles. The SMILES string of the molecule is CC(=O)COCC(OCC(C)=O)C1OC1C(C)=O. The van der Waals surface area contributed by atoms with Gasteiger partial charge in [0.15, 0.2) is 17.3 Å². The van der Waals surface area contributed by atoms with E-state index in [-0.39, 0.29) is 43.3 Å². The number of carbonyl (C=O) groups excluding carboxylic acids is 3. The summed E-state index contributed by atoms with van der Waals surface area (Å²) in [5.74, 6) is -0.297. The Bertz CT molecular complexity index is 337. The molecular formula is C12H18O6. The van der Waals surface area contributed by atoms with Crippen molar-refractivity contribution in [3.63, 3.8) is 0 Å². The molecule has 0 radical (unpaired) electrons. The lowest BCUT2D eigenvalue weighted by atomic mass is 10.1. The second-order valence-electron chi connectivity index (χ2n) is 4.40. The number of ether oxygens (including phenoxy) is 3. The maximum atomic E-state index is 11.1. The summed E-state index contributed by atoms with van der Waals surface area (Å²) in [5, 5.41) is 0. The smallest absolute Gasteiger partial charge is 0.161 e. The van der Waals surface area contributed by atoms with Gasteiger partial charge >= 0.3 is 0 Å². The normalized spacial score (nSPS) is 23.5. The number of ketones is 3. The molecule has 1 heterocycles. The third-order valence-electron chi connectivity index (χ3n) is 2.38. The fourth-order valence-corrected chi connectivity index (χ4v) is 1.51. The Morgan fingerprint density at radius 1 is 1.11 bits per heavy atom. The van der Waals surface area contributed by atoms with E-state index >= 15 is 0 Å². The van der Waals surface area contributed by atoms with Crippen LogP contribution in [-0.2, 0) is 28.6 Å². The first-order chi connectivity index (χ1) is 8.41. The van der Waals surface area contributed by atoms with Gasteiger partial charge in [-0.05, 0) is 20.8 Å². The van der Waals surface area contributed by atoms with E-state index in [4.69, 9.17) is 14.2 Å². The van der Waals surface area contributed by atoms with Crippen LogP contribution in [0.25, 0.3) is 0 Å². The molecule has 0 amide bonds. The van der Waals surface area contributed by atoms with Gasteiger partial charge in [0.05, 0.1) is 6.61 Å². The standard InChI is InChI=1S/C12H18O6/c1-7(13)4-16-6-10(17-5-8(2)14)12-11(18-12)9(3)15/h10-12H,4-6H2,1-3H3. The third kappa shape index (κ3) is 5.03. The van der Waals surface area contributed by atoms with Crippen LogP contribution < -0.4 is 0 Å². The minimum atomic E-state index is -0.498. The quantitative estimate of drug-likeness (QED) is 0.538. The Kier molecular flexibility index (Phi) is 5.58. The number of rotatable bonds is 9. The molecule has 0 spiro atoms. The van der Waals surface area contributed by atoms with Crippen LogP contribution in [0, 0.1) is 0 Å². The molecule has 3 atom stereocenters. The Labute approximate surface area is 106 Å². The zero-order valence-electron chi connectivity index (χ0n) is 10.8. The van der Waals surface area contributed by atoms with E-state index in [2.05, 4.69) is 0 Å². The topological polar surface area (TPSA) is 82.2 Å². The predicted molar refractivity (Wildman–Crippen MR) is 61.3 cm³/mol. The average Bonchev–Trinajstić information content (AvgIpc) is 3.02. The number of carbonyl (C=O) groups is 3. The lowest BCUT2D eigenvalue weighted by Crippen LogP contribution is -2.31. The predicted octanol–water partition coefficient (Wildman–Crippen LogP) is -0.0774. The number of epoxide rings is 1. The fourth-order valence-electron chi connectivity index (χ4n) is 1.51. The first-order valence-electron chi connectivity index (χ1n) is 5.76. The van der Waals surface area contributed by atoms with E-state index in [1.807, 2.05) is 0 Å². The monoisotopic (exact) mass is 258 g/mol. The van der Waals surface area contributed by atoms with Crippen LogP contribution in [0.2, 0.25) is 0 Å². The summed E-state index contributed by atoms with van der Waals surface area (Å²) in [6.45, 7) is 4.31. The maximum absolute atomic E-state index is 11.1. The van der Waals surface area contributed by atoms with Crippen LogP contribution in [-0.4, -0.2) is 55.5 Å². The molecule has 0 N–H and O–H groups in total.